The first-order valence-electron chi connectivity index (χ1n) is 22.3. The second kappa shape index (κ2) is 19.3. The number of carbonyl (C=O) groups excluding carboxylic acids is 5. The number of sulfonamides is 1. The predicted molar refractivity (Wildman–Crippen MR) is 253 cm³/mol. The molecule has 2 aromatic heterocycles. The molecule has 2 saturated carbocycles. The van der Waals surface area contributed by atoms with Crippen LogP contribution in [0, 0.1) is 16.7 Å². The second-order valence-electron chi connectivity index (χ2n) is 19.7. The molecule has 4 N–H and O–H groups in total. The number of alkyl carbamates (subject to hydrolysis) is 1. The van der Waals surface area contributed by atoms with Crippen molar-refractivity contribution < 1.29 is 46.6 Å². The van der Waals surface area contributed by atoms with Crippen LogP contribution in [0.25, 0.3) is 22.3 Å². The average molecular weight is 958 g/mol. The Labute approximate surface area is 394 Å². The summed E-state index contributed by atoms with van der Waals surface area (Å²) in [6.45, 7) is 15.0. The van der Waals surface area contributed by atoms with Gasteiger partial charge in [-0.1, -0.05) is 65.8 Å². The molecule has 0 unspecified atom stereocenters. The molecule has 3 fully saturated rings. The molecule has 0 bridgehead atoms. The van der Waals surface area contributed by atoms with Gasteiger partial charge in [-0.05, 0) is 67.2 Å². The van der Waals surface area contributed by atoms with Crippen molar-refractivity contribution >= 4 is 67.1 Å². The fourth-order valence-electron chi connectivity index (χ4n) is 8.51. The molecule has 3 aliphatic rings. The molecule has 3 heterocycles. The minimum Gasteiger partial charge on any atom is -0.497 e. The van der Waals surface area contributed by atoms with E-state index < -0.39 is 68.9 Å². The summed E-state index contributed by atoms with van der Waals surface area (Å²) < 4.78 is 46.7. The number of pyridine rings is 1. The van der Waals surface area contributed by atoms with E-state index in [0.717, 1.165) is 25.7 Å². The highest BCUT2D eigenvalue weighted by Gasteiger charge is 2.61. The number of hydrogen-bond donors (Lipinski definition) is 4. The number of nitrogens with zero attached hydrogens (tertiary/aromatic N) is 3. The Morgan fingerprint density at radius 2 is 1.69 bits per heavy atom. The molecular weight excluding hydrogens is 899 g/mol. The van der Waals surface area contributed by atoms with Crippen molar-refractivity contribution in [3.05, 3.63) is 72.6 Å². The van der Waals surface area contributed by atoms with E-state index in [0.29, 0.717) is 45.3 Å². The van der Waals surface area contributed by atoms with Crippen LogP contribution in [0.15, 0.2) is 77.5 Å². The molecule has 1 aliphatic heterocycles. The maximum Gasteiger partial charge on any atom is 0.408 e. The summed E-state index contributed by atoms with van der Waals surface area (Å²) in [6, 6.07) is 12.0. The van der Waals surface area contributed by atoms with Crippen LogP contribution in [0.2, 0.25) is 0 Å². The first-order valence-corrected chi connectivity index (χ1v) is 24.7. The zero-order chi connectivity index (χ0) is 48.5. The standard InChI is InChI=1S/C48H59N7O10S2/c1-9-28-24-48(28,43(59)54-67(61,62)32-17-11-10-12-18-32)53-41(57)37-22-31(26-55(37)42(58)40(47(5,6)7)52-45(60)65-29-15-13-14-16-29)64-38-23-35(49-34-21-30(63-8)19-20-33(34)38)36-27-66-44(50-36)51-39(56)25-46(2,3)4/h9-12,17-21,23,27-29,31,37,40H,1,13-16,22,24-26H2,2-8H3,(H,52,60)(H,53,57)(H,54,59)(H,50,51,56)/t28-,31-,37-,40-,48-/m1/s1. The number of carbonyl (C=O) groups is 5. The van der Waals surface area contributed by atoms with Crippen molar-refractivity contribution in [1.29, 1.82) is 0 Å². The zero-order valence-electron chi connectivity index (χ0n) is 38.8. The highest BCUT2D eigenvalue weighted by molar-refractivity contribution is 7.90. The van der Waals surface area contributed by atoms with Gasteiger partial charge in [0.25, 0.3) is 15.9 Å². The number of benzene rings is 2. The molecule has 0 radical (unpaired) electrons. The van der Waals surface area contributed by atoms with E-state index in [1.54, 1.807) is 56.5 Å². The van der Waals surface area contributed by atoms with Crippen molar-refractivity contribution in [2.24, 2.45) is 16.7 Å². The van der Waals surface area contributed by atoms with Gasteiger partial charge in [-0.3, -0.25) is 19.2 Å². The van der Waals surface area contributed by atoms with Crippen molar-refractivity contribution in [1.82, 2.24) is 30.2 Å². The van der Waals surface area contributed by atoms with E-state index in [1.165, 1.54) is 53.7 Å². The van der Waals surface area contributed by atoms with Crippen LogP contribution in [0.4, 0.5) is 9.93 Å². The lowest BCUT2D eigenvalue weighted by molar-refractivity contribution is -0.143. The van der Waals surface area contributed by atoms with E-state index in [1.807, 2.05) is 20.8 Å². The van der Waals surface area contributed by atoms with Gasteiger partial charge in [-0.25, -0.2) is 27.9 Å². The fourth-order valence-corrected chi connectivity index (χ4v) is 10.3. The van der Waals surface area contributed by atoms with Gasteiger partial charge in [-0.2, -0.15) is 0 Å². The van der Waals surface area contributed by atoms with E-state index in [-0.39, 0.29) is 41.7 Å². The first-order chi connectivity index (χ1) is 31.6. The third-order valence-electron chi connectivity index (χ3n) is 12.1. The Balaban J connectivity index is 1.20. The Kier molecular flexibility index (Phi) is 14.0. The number of likely N-dealkylation sites (tertiary alicyclic amines) is 1. The van der Waals surface area contributed by atoms with Gasteiger partial charge in [-0.15, -0.1) is 17.9 Å². The number of nitrogens with one attached hydrogen (secondary N) is 4. The summed E-state index contributed by atoms with van der Waals surface area (Å²) in [5, 5.41) is 11.2. The lowest BCUT2D eigenvalue weighted by atomic mass is 9.85. The van der Waals surface area contributed by atoms with E-state index in [4.69, 9.17) is 19.2 Å². The SMILES string of the molecule is C=C[C@@H]1C[C@]1(NC(=O)[C@H]1C[C@@H](Oc2cc(-c3csc(NC(=O)CC(C)(C)C)n3)nc3cc(OC)ccc23)CN1C(=O)[C@@H](NC(=O)OC1CCCC1)C(C)(C)C)C(=O)NS(=O)(=O)c1ccccc1. The summed E-state index contributed by atoms with van der Waals surface area (Å²) in [4.78, 5) is 80.4. The molecule has 19 heteroatoms. The number of anilines is 1. The van der Waals surface area contributed by atoms with Gasteiger partial charge in [0.2, 0.25) is 17.7 Å². The molecule has 4 aromatic rings. The lowest BCUT2D eigenvalue weighted by Gasteiger charge is -2.35. The summed E-state index contributed by atoms with van der Waals surface area (Å²) in [5.41, 5.74) is -1.39. The molecular formula is C48H59N7O10S2. The number of fused-ring (bicyclic) bond motifs is 1. The Morgan fingerprint density at radius 1 is 0.970 bits per heavy atom. The van der Waals surface area contributed by atoms with E-state index in [9.17, 15) is 32.4 Å². The van der Waals surface area contributed by atoms with Crippen molar-refractivity contribution in [3.8, 4) is 22.9 Å². The largest absolute Gasteiger partial charge is 0.497 e. The highest BCUT2D eigenvalue weighted by atomic mass is 32.2. The van der Waals surface area contributed by atoms with Crippen LogP contribution >= 0.6 is 11.3 Å². The van der Waals surface area contributed by atoms with Crippen molar-refractivity contribution in [2.75, 3.05) is 19.0 Å². The van der Waals surface area contributed by atoms with Crippen molar-refractivity contribution in [3.63, 3.8) is 0 Å². The number of amides is 5. The van der Waals surface area contributed by atoms with Crippen molar-refractivity contribution in [2.45, 2.75) is 121 Å². The smallest absolute Gasteiger partial charge is 0.408 e. The zero-order valence-corrected chi connectivity index (χ0v) is 40.5. The van der Waals surface area contributed by atoms with Gasteiger partial charge < -0.3 is 35.1 Å². The van der Waals surface area contributed by atoms with Gasteiger partial charge in [0, 0.05) is 41.7 Å². The minimum absolute atomic E-state index is 0.0598. The molecule has 1 saturated heterocycles. The molecule has 358 valence electrons. The minimum atomic E-state index is -4.32. The molecule has 17 nitrogen and oxygen atoms in total. The Morgan fingerprint density at radius 3 is 2.33 bits per heavy atom. The van der Waals surface area contributed by atoms with Crippen LogP contribution in [0.3, 0.4) is 0 Å². The van der Waals surface area contributed by atoms with Crippen LogP contribution in [-0.2, 0) is 33.9 Å². The van der Waals surface area contributed by atoms with Crippen LogP contribution in [0.1, 0.15) is 86.5 Å². The topological polar surface area (TPSA) is 224 Å². The molecule has 2 aromatic carbocycles. The molecule has 5 atom stereocenters. The predicted octanol–water partition coefficient (Wildman–Crippen LogP) is 6.74. The number of hydrogen-bond acceptors (Lipinski definition) is 13. The highest BCUT2D eigenvalue weighted by Crippen LogP contribution is 2.45. The van der Waals surface area contributed by atoms with Crippen LogP contribution in [0.5, 0.6) is 11.5 Å². The maximum absolute atomic E-state index is 14.9. The lowest BCUT2D eigenvalue weighted by Crippen LogP contribution is -2.60. The summed E-state index contributed by atoms with van der Waals surface area (Å²) in [6.07, 6.45) is 3.22. The third-order valence-corrected chi connectivity index (χ3v) is 14.2. The first kappa shape index (κ1) is 48.8. The quantitative estimate of drug-likeness (QED) is 0.0910. The number of aromatic nitrogens is 2. The summed E-state index contributed by atoms with van der Waals surface area (Å²) in [7, 11) is -2.78. The number of rotatable bonds is 15. The summed E-state index contributed by atoms with van der Waals surface area (Å²) in [5.74, 6) is -2.17. The Hall–Kier alpha value is -6.08. The van der Waals surface area contributed by atoms with Gasteiger partial charge >= 0.3 is 6.09 Å². The normalized spacial score (nSPS) is 21.2. The van der Waals surface area contributed by atoms with E-state index in [2.05, 4.69) is 32.2 Å². The van der Waals surface area contributed by atoms with Crippen LogP contribution in [-0.4, -0.2) is 96.5 Å². The third kappa shape index (κ3) is 11.4. The Bertz CT molecular complexity index is 2660. The molecule has 0 spiro atoms. The maximum atomic E-state index is 14.9. The molecule has 67 heavy (non-hydrogen) atoms. The second-order valence-corrected chi connectivity index (χ2v) is 22.2. The summed E-state index contributed by atoms with van der Waals surface area (Å²) >= 11 is 1.25. The van der Waals surface area contributed by atoms with Gasteiger partial charge in [0.1, 0.15) is 47.0 Å². The number of ether oxygens (including phenoxy) is 3. The number of methoxy groups -OCH3 is 1. The number of thiazole rings is 1. The molecule has 2 aliphatic carbocycles. The van der Waals surface area contributed by atoms with Gasteiger partial charge in [0.05, 0.1) is 29.8 Å². The monoisotopic (exact) mass is 957 g/mol. The average Bonchev–Trinajstić information content (AvgIpc) is 3.67. The molecule has 7 rings (SSSR count). The fraction of sp³-hybridized carbons (Fsp3) is 0.479. The molecule has 5 amide bonds. The van der Waals surface area contributed by atoms with Gasteiger partial charge in [0.15, 0.2) is 5.13 Å². The van der Waals surface area contributed by atoms with Crippen LogP contribution < -0.4 is 30.1 Å². The van der Waals surface area contributed by atoms with E-state index >= 15 is 0 Å².